The molecule has 0 aliphatic carbocycles. The third kappa shape index (κ3) is 3.52. The van der Waals surface area contributed by atoms with Crippen molar-refractivity contribution in [2.24, 2.45) is 10.2 Å². The molecule has 1 heterocycles. The lowest BCUT2D eigenvalue weighted by molar-refractivity contribution is -0.137. The van der Waals surface area contributed by atoms with Crippen LogP contribution < -0.4 is 5.32 Å². The van der Waals surface area contributed by atoms with Crippen LogP contribution in [-0.2, 0) is 11.0 Å². The van der Waals surface area contributed by atoms with Gasteiger partial charge in [-0.05, 0) is 19.1 Å². The molecule has 7 heteroatoms. The van der Waals surface area contributed by atoms with Crippen LogP contribution in [0.1, 0.15) is 25.3 Å². The lowest BCUT2D eigenvalue weighted by Gasteiger charge is -2.13. The van der Waals surface area contributed by atoms with E-state index < -0.39 is 23.3 Å². The molecule has 0 radical (unpaired) electrons. The van der Waals surface area contributed by atoms with Crippen molar-refractivity contribution in [1.29, 1.82) is 0 Å². The minimum absolute atomic E-state index is 0.0791. The van der Waals surface area contributed by atoms with Crippen LogP contribution in [0.2, 0.25) is 0 Å². The number of nitrogens with zero attached hydrogens (tertiary/aromatic N) is 2. The number of carbonyl (C=O) groups excluding carboxylic acids is 1. The van der Waals surface area contributed by atoms with Crippen molar-refractivity contribution in [3.63, 3.8) is 0 Å². The van der Waals surface area contributed by atoms with Crippen molar-refractivity contribution in [3.05, 3.63) is 29.8 Å². The number of alkyl halides is 3. The van der Waals surface area contributed by atoms with Crippen LogP contribution in [0.3, 0.4) is 0 Å². The average Bonchev–Trinajstić information content (AvgIpc) is 3.05. The fraction of sp³-hybridized carbons (Fsp3) is 0.417. The van der Waals surface area contributed by atoms with Crippen molar-refractivity contribution in [3.8, 4) is 0 Å². The van der Waals surface area contributed by atoms with E-state index in [4.69, 9.17) is 0 Å². The molecule has 1 aliphatic heterocycles. The minimum Gasteiger partial charge on any atom is -0.326 e. The van der Waals surface area contributed by atoms with Crippen LogP contribution in [-0.4, -0.2) is 11.6 Å². The summed E-state index contributed by atoms with van der Waals surface area (Å²) in [7, 11) is 0. The first kappa shape index (κ1) is 13.5. The zero-order chi connectivity index (χ0) is 14.1. The normalized spacial score (nSPS) is 16.2. The van der Waals surface area contributed by atoms with E-state index in [1.807, 2.05) is 0 Å². The van der Waals surface area contributed by atoms with Crippen molar-refractivity contribution >= 4 is 11.6 Å². The molecule has 0 fully saturated rings. The van der Waals surface area contributed by atoms with Crippen molar-refractivity contribution in [2.45, 2.75) is 31.6 Å². The molecule has 0 aromatic heterocycles. The molecule has 102 valence electrons. The van der Waals surface area contributed by atoms with E-state index in [-0.39, 0.29) is 12.1 Å². The first-order valence-electron chi connectivity index (χ1n) is 5.70. The molecule has 0 spiro atoms. The summed E-state index contributed by atoms with van der Waals surface area (Å²) >= 11 is 0. The van der Waals surface area contributed by atoms with Gasteiger partial charge in [-0.15, -0.1) is 0 Å². The lowest BCUT2D eigenvalue weighted by Crippen LogP contribution is -2.18. The highest BCUT2D eigenvalue weighted by atomic mass is 19.4. The number of rotatable bonds is 4. The van der Waals surface area contributed by atoms with E-state index in [9.17, 15) is 18.0 Å². The molecule has 2 rings (SSSR count). The van der Waals surface area contributed by atoms with Gasteiger partial charge in [0.25, 0.3) is 0 Å². The van der Waals surface area contributed by atoms with Crippen LogP contribution in [0, 0.1) is 0 Å². The maximum Gasteiger partial charge on any atom is 0.418 e. The number of hydrogen-bond acceptors (Lipinski definition) is 3. The number of benzene rings is 1. The lowest BCUT2D eigenvalue weighted by atomic mass is 10.1. The second-order valence-corrected chi connectivity index (χ2v) is 4.51. The van der Waals surface area contributed by atoms with E-state index in [1.54, 1.807) is 6.92 Å². The van der Waals surface area contributed by atoms with Gasteiger partial charge < -0.3 is 5.32 Å². The highest BCUT2D eigenvalue weighted by Gasteiger charge is 2.35. The summed E-state index contributed by atoms with van der Waals surface area (Å²) in [6, 6.07) is 4.88. The fourth-order valence-electron chi connectivity index (χ4n) is 1.59. The molecule has 0 atom stereocenters. The second kappa shape index (κ2) is 4.64. The number of carbonyl (C=O) groups is 1. The van der Waals surface area contributed by atoms with Gasteiger partial charge in [0.05, 0.1) is 11.3 Å². The summed E-state index contributed by atoms with van der Waals surface area (Å²) in [6.07, 6.45) is -4.01. The highest BCUT2D eigenvalue weighted by molar-refractivity contribution is 5.91. The Hall–Kier alpha value is -1.92. The topological polar surface area (TPSA) is 53.8 Å². The molecule has 1 amide bonds. The Bertz CT molecular complexity index is 519. The SMILES string of the molecule is CC1(CCC(=O)Nc2ccccc2C(F)(F)F)N=N1. The molecule has 0 bridgehead atoms. The Morgan fingerprint density at radius 2 is 1.95 bits per heavy atom. The molecule has 1 aromatic carbocycles. The van der Waals surface area contributed by atoms with Crippen molar-refractivity contribution in [1.82, 2.24) is 0 Å². The summed E-state index contributed by atoms with van der Waals surface area (Å²) in [5.74, 6) is -0.477. The van der Waals surface area contributed by atoms with Crippen LogP contribution in [0.5, 0.6) is 0 Å². The molecule has 1 aromatic rings. The maximum atomic E-state index is 12.7. The molecule has 0 saturated carbocycles. The van der Waals surface area contributed by atoms with Gasteiger partial charge in [-0.1, -0.05) is 12.1 Å². The fourth-order valence-corrected chi connectivity index (χ4v) is 1.59. The molecule has 19 heavy (non-hydrogen) atoms. The van der Waals surface area contributed by atoms with Crippen LogP contribution in [0.25, 0.3) is 0 Å². The van der Waals surface area contributed by atoms with E-state index in [0.717, 1.165) is 6.07 Å². The first-order chi connectivity index (χ1) is 8.80. The van der Waals surface area contributed by atoms with Gasteiger partial charge in [-0.3, -0.25) is 4.79 Å². The summed E-state index contributed by atoms with van der Waals surface area (Å²) < 4.78 is 38.1. The third-order valence-electron chi connectivity index (χ3n) is 2.77. The minimum atomic E-state index is -4.49. The van der Waals surface area contributed by atoms with Crippen LogP contribution in [0.4, 0.5) is 18.9 Å². The number of anilines is 1. The average molecular weight is 271 g/mol. The third-order valence-corrected chi connectivity index (χ3v) is 2.77. The van der Waals surface area contributed by atoms with Crippen molar-refractivity contribution in [2.75, 3.05) is 5.32 Å². The van der Waals surface area contributed by atoms with Gasteiger partial charge in [0, 0.05) is 12.8 Å². The molecule has 4 nitrogen and oxygen atoms in total. The Balaban J connectivity index is 2.00. The van der Waals surface area contributed by atoms with Gasteiger partial charge >= 0.3 is 6.18 Å². The van der Waals surface area contributed by atoms with E-state index in [0.29, 0.717) is 6.42 Å². The Kier molecular flexibility index (Phi) is 3.30. The predicted molar refractivity (Wildman–Crippen MR) is 62.6 cm³/mol. The number of halogens is 3. The van der Waals surface area contributed by atoms with E-state index >= 15 is 0 Å². The second-order valence-electron chi connectivity index (χ2n) is 4.51. The summed E-state index contributed by atoms with van der Waals surface area (Å²) in [6.45, 7) is 1.75. The van der Waals surface area contributed by atoms with Crippen molar-refractivity contribution < 1.29 is 18.0 Å². The van der Waals surface area contributed by atoms with Gasteiger partial charge in [0.15, 0.2) is 5.66 Å². The number of nitrogens with one attached hydrogen (secondary N) is 1. The molecular weight excluding hydrogens is 259 g/mol. The molecular formula is C12H12F3N3O. The summed E-state index contributed by atoms with van der Waals surface area (Å²) in [5.41, 5.74) is -1.61. The zero-order valence-electron chi connectivity index (χ0n) is 10.2. The summed E-state index contributed by atoms with van der Waals surface area (Å²) in [5, 5.41) is 9.75. The number of hydrogen-bond donors (Lipinski definition) is 1. The number of para-hydroxylation sites is 1. The molecule has 1 N–H and O–H groups in total. The smallest absolute Gasteiger partial charge is 0.326 e. The number of amides is 1. The van der Waals surface area contributed by atoms with Gasteiger partial charge in [0.2, 0.25) is 5.91 Å². The molecule has 0 saturated heterocycles. The Morgan fingerprint density at radius 3 is 2.53 bits per heavy atom. The van der Waals surface area contributed by atoms with E-state index in [2.05, 4.69) is 15.5 Å². The summed E-state index contributed by atoms with van der Waals surface area (Å²) in [4.78, 5) is 11.6. The van der Waals surface area contributed by atoms with Gasteiger partial charge in [0.1, 0.15) is 0 Å². The quantitative estimate of drug-likeness (QED) is 0.893. The van der Waals surface area contributed by atoms with Crippen LogP contribution in [0.15, 0.2) is 34.5 Å². The largest absolute Gasteiger partial charge is 0.418 e. The zero-order valence-corrected chi connectivity index (χ0v) is 10.2. The van der Waals surface area contributed by atoms with Gasteiger partial charge in [-0.25, -0.2) is 0 Å². The Morgan fingerprint density at radius 1 is 1.32 bits per heavy atom. The maximum absolute atomic E-state index is 12.7. The highest BCUT2D eigenvalue weighted by Crippen LogP contribution is 2.35. The Labute approximate surface area is 107 Å². The van der Waals surface area contributed by atoms with Gasteiger partial charge in [-0.2, -0.15) is 23.4 Å². The molecule has 1 aliphatic rings. The van der Waals surface area contributed by atoms with Crippen LogP contribution >= 0.6 is 0 Å². The molecule has 0 unspecified atom stereocenters. The monoisotopic (exact) mass is 271 g/mol. The first-order valence-corrected chi connectivity index (χ1v) is 5.70. The predicted octanol–water partition coefficient (Wildman–Crippen LogP) is 3.61. The van der Waals surface area contributed by atoms with E-state index in [1.165, 1.54) is 18.2 Å². The standard InChI is InChI=1S/C12H12F3N3O/c1-11(17-18-11)7-6-10(19)16-9-5-3-2-4-8(9)12(13,14)15/h2-5H,6-7H2,1H3,(H,16,19).